The summed E-state index contributed by atoms with van der Waals surface area (Å²) in [6.07, 6.45) is 3.62. The van der Waals surface area contributed by atoms with Crippen LogP contribution >= 0.6 is 15.9 Å². The third kappa shape index (κ3) is 3.18. The van der Waals surface area contributed by atoms with Crippen LogP contribution in [0.4, 0.5) is 5.82 Å². The molecule has 0 unspecified atom stereocenters. The molecule has 0 saturated heterocycles. The fourth-order valence-corrected chi connectivity index (χ4v) is 2.36. The number of aromatic nitrogens is 2. The van der Waals surface area contributed by atoms with Gasteiger partial charge < -0.3 is 4.90 Å². The molecule has 1 saturated carbocycles. The summed E-state index contributed by atoms with van der Waals surface area (Å²) in [6, 6.07) is 2.51. The largest absolute Gasteiger partial charge is 0.354 e. The van der Waals surface area contributed by atoms with Gasteiger partial charge in [0.15, 0.2) is 0 Å². The summed E-state index contributed by atoms with van der Waals surface area (Å²) in [6.45, 7) is 7.67. The van der Waals surface area contributed by atoms with Crippen LogP contribution in [-0.2, 0) is 0 Å². The fourth-order valence-electron chi connectivity index (χ4n) is 1.97. The van der Waals surface area contributed by atoms with E-state index in [2.05, 4.69) is 46.6 Å². The molecule has 0 N–H and O–H groups in total. The highest BCUT2D eigenvalue weighted by Crippen LogP contribution is 2.39. The third-order valence-corrected chi connectivity index (χ3v) is 3.43. The monoisotopic (exact) mass is 297 g/mol. The van der Waals surface area contributed by atoms with Gasteiger partial charge >= 0.3 is 0 Å². The second-order valence-electron chi connectivity index (χ2n) is 4.97. The zero-order valence-electron chi connectivity index (χ0n) is 10.8. The first-order chi connectivity index (χ1) is 8.11. The molecular formula is C13H20BrN3. The smallest absolute Gasteiger partial charge is 0.135 e. The van der Waals surface area contributed by atoms with Crippen molar-refractivity contribution in [1.29, 1.82) is 0 Å². The normalized spacial score (nSPS) is 15.4. The van der Waals surface area contributed by atoms with Crippen molar-refractivity contribution in [2.24, 2.45) is 0 Å². The lowest BCUT2D eigenvalue weighted by Gasteiger charge is -2.27. The summed E-state index contributed by atoms with van der Waals surface area (Å²) in [7, 11) is 0. The topological polar surface area (TPSA) is 29.0 Å². The molecule has 17 heavy (non-hydrogen) atoms. The Morgan fingerprint density at radius 3 is 2.65 bits per heavy atom. The number of nitrogens with zero attached hydrogens (tertiary/aromatic N) is 3. The van der Waals surface area contributed by atoms with E-state index in [-0.39, 0.29) is 0 Å². The Bertz CT molecular complexity index is 388. The molecule has 0 aliphatic heterocycles. The minimum absolute atomic E-state index is 0.476. The quantitative estimate of drug-likeness (QED) is 0.775. The van der Waals surface area contributed by atoms with E-state index in [9.17, 15) is 0 Å². The van der Waals surface area contributed by atoms with Gasteiger partial charge in [-0.2, -0.15) is 0 Å². The summed E-state index contributed by atoms with van der Waals surface area (Å²) in [5, 5.41) is 0. The lowest BCUT2D eigenvalue weighted by atomic mass is 10.3. The lowest BCUT2D eigenvalue weighted by Crippen LogP contribution is -2.32. The van der Waals surface area contributed by atoms with Crippen molar-refractivity contribution in [3.8, 4) is 0 Å². The van der Waals surface area contributed by atoms with Crippen LogP contribution in [0.1, 0.15) is 51.8 Å². The van der Waals surface area contributed by atoms with Crippen LogP contribution in [0.25, 0.3) is 0 Å². The van der Waals surface area contributed by atoms with Gasteiger partial charge in [-0.1, -0.05) is 6.92 Å². The number of halogens is 1. The van der Waals surface area contributed by atoms with Gasteiger partial charge in [-0.05, 0) is 49.0 Å². The molecule has 4 heteroatoms. The summed E-state index contributed by atoms with van der Waals surface area (Å²) in [5.41, 5.74) is 0. The molecule has 0 bridgehead atoms. The zero-order chi connectivity index (χ0) is 12.4. The molecule has 1 aromatic rings. The van der Waals surface area contributed by atoms with Crippen molar-refractivity contribution in [1.82, 2.24) is 9.97 Å². The molecule has 1 heterocycles. The Hall–Kier alpha value is -0.640. The predicted molar refractivity (Wildman–Crippen MR) is 74.5 cm³/mol. The molecule has 0 atom stereocenters. The molecule has 1 aliphatic carbocycles. The summed E-state index contributed by atoms with van der Waals surface area (Å²) in [4.78, 5) is 11.5. The van der Waals surface area contributed by atoms with E-state index in [1.807, 2.05) is 6.07 Å². The summed E-state index contributed by atoms with van der Waals surface area (Å²) < 4.78 is 0.908. The van der Waals surface area contributed by atoms with E-state index in [1.165, 1.54) is 12.8 Å². The van der Waals surface area contributed by atoms with Gasteiger partial charge in [0.1, 0.15) is 16.2 Å². The molecule has 0 amide bonds. The molecule has 94 valence electrons. The average molecular weight is 298 g/mol. The van der Waals surface area contributed by atoms with E-state index in [1.54, 1.807) is 0 Å². The molecular weight excluding hydrogens is 278 g/mol. The minimum atomic E-state index is 0.476. The van der Waals surface area contributed by atoms with Gasteiger partial charge in [0.2, 0.25) is 0 Å². The van der Waals surface area contributed by atoms with Gasteiger partial charge in [0.05, 0.1) is 0 Å². The molecule has 0 aromatic carbocycles. The van der Waals surface area contributed by atoms with E-state index in [0.717, 1.165) is 29.2 Å². The van der Waals surface area contributed by atoms with Crippen LogP contribution in [0, 0.1) is 0 Å². The van der Waals surface area contributed by atoms with Gasteiger partial charge in [-0.15, -0.1) is 0 Å². The standard InChI is InChI=1S/C13H20BrN3/c1-4-7-17(9(2)3)12-8-11(14)15-13(16-12)10-5-6-10/h8-10H,4-7H2,1-3H3. The Kier molecular flexibility index (Phi) is 4.02. The fraction of sp³-hybridized carbons (Fsp3) is 0.692. The highest BCUT2D eigenvalue weighted by atomic mass is 79.9. The summed E-state index contributed by atoms with van der Waals surface area (Å²) >= 11 is 3.50. The molecule has 1 aliphatic rings. The van der Waals surface area contributed by atoms with E-state index in [0.29, 0.717) is 12.0 Å². The van der Waals surface area contributed by atoms with Crippen LogP contribution in [0.3, 0.4) is 0 Å². The van der Waals surface area contributed by atoms with Crippen LogP contribution in [0.5, 0.6) is 0 Å². The van der Waals surface area contributed by atoms with Crippen molar-refractivity contribution < 1.29 is 0 Å². The number of hydrogen-bond donors (Lipinski definition) is 0. The zero-order valence-corrected chi connectivity index (χ0v) is 12.4. The Balaban J connectivity index is 2.28. The maximum atomic E-state index is 4.72. The molecule has 0 spiro atoms. The molecule has 2 rings (SSSR count). The van der Waals surface area contributed by atoms with Gasteiger partial charge in [0.25, 0.3) is 0 Å². The Morgan fingerprint density at radius 2 is 2.12 bits per heavy atom. The van der Waals surface area contributed by atoms with Gasteiger partial charge in [0, 0.05) is 24.6 Å². The first kappa shape index (κ1) is 12.8. The highest BCUT2D eigenvalue weighted by molar-refractivity contribution is 9.10. The molecule has 1 aromatic heterocycles. The second kappa shape index (κ2) is 5.34. The van der Waals surface area contributed by atoms with Crippen LogP contribution in [0.2, 0.25) is 0 Å². The van der Waals surface area contributed by atoms with E-state index < -0.39 is 0 Å². The molecule has 1 fully saturated rings. The summed E-state index contributed by atoms with van der Waals surface area (Å²) in [5.74, 6) is 2.67. The minimum Gasteiger partial charge on any atom is -0.354 e. The van der Waals surface area contributed by atoms with Crippen molar-refractivity contribution in [3.05, 3.63) is 16.5 Å². The van der Waals surface area contributed by atoms with E-state index >= 15 is 0 Å². The lowest BCUT2D eigenvalue weighted by molar-refractivity contribution is 0.657. The maximum Gasteiger partial charge on any atom is 0.135 e. The second-order valence-corrected chi connectivity index (χ2v) is 5.78. The number of anilines is 1. The van der Waals surface area contributed by atoms with Crippen molar-refractivity contribution in [3.63, 3.8) is 0 Å². The first-order valence-corrected chi connectivity index (χ1v) is 7.22. The first-order valence-electron chi connectivity index (χ1n) is 6.43. The Morgan fingerprint density at radius 1 is 1.41 bits per heavy atom. The van der Waals surface area contributed by atoms with Crippen LogP contribution < -0.4 is 4.90 Å². The SMILES string of the molecule is CCCN(c1cc(Br)nc(C2CC2)n1)C(C)C. The van der Waals surface area contributed by atoms with Gasteiger partial charge in [-0.3, -0.25) is 0 Å². The predicted octanol–water partition coefficient (Wildman–Crippen LogP) is 3.74. The van der Waals surface area contributed by atoms with Crippen LogP contribution in [-0.4, -0.2) is 22.6 Å². The van der Waals surface area contributed by atoms with Crippen LogP contribution in [0.15, 0.2) is 10.7 Å². The average Bonchev–Trinajstić information content (AvgIpc) is 3.08. The maximum absolute atomic E-state index is 4.72. The Labute approximate surface area is 112 Å². The number of rotatable bonds is 5. The highest BCUT2D eigenvalue weighted by Gasteiger charge is 2.28. The third-order valence-electron chi connectivity index (χ3n) is 3.02. The van der Waals surface area contributed by atoms with Crippen molar-refractivity contribution in [2.45, 2.75) is 52.0 Å². The van der Waals surface area contributed by atoms with E-state index in [4.69, 9.17) is 4.98 Å². The van der Waals surface area contributed by atoms with Crippen molar-refractivity contribution in [2.75, 3.05) is 11.4 Å². The number of hydrogen-bond acceptors (Lipinski definition) is 3. The molecule has 0 radical (unpaired) electrons. The molecule has 3 nitrogen and oxygen atoms in total. The van der Waals surface area contributed by atoms with Gasteiger partial charge in [-0.25, -0.2) is 9.97 Å². The van der Waals surface area contributed by atoms with Crippen molar-refractivity contribution >= 4 is 21.7 Å².